The van der Waals surface area contributed by atoms with Crippen LogP contribution < -0.4 is 5.32 Å². The van der Waals surface area contributed by atoms with Crippen molar-refractivity contribution in [2.75, 3.05) is 19.0 Å². The van der Waals surface area contributed by atoms with Crippen LogP contribution in [0.15, 0.2) is 71.8 Å². The van der Waals surface area contributed by atoms with Crippen molar-refractivity contribution in [3.05, 3.63) is 66.7 Å². The maximum absolute atomic E-state index is 12.5. The molecule has 1 aliphatic rings. The number of ether oxygens (including phenoxy) is 1. The Bertz CT molecular complexity index is 1170. The molecular weight excluding hydrogens is 410 g/mol. The van der Waals surface area contributed by atoms with Gasteiger partial charge in [0, 0.05) is 31.5 Å². The highest BCUT2D eigenvalue weighted by Crippen LogP contribution is 2.24. The molecule has 0 atom stereocenters. The second kappa shape index (κ2) is 9.25. The van der Waals surface area contributed by atoms with E-state index in [-0.39, 0.29) is 24.5 Å². The number of esters is 1. The smallest absolute Gasteiger partial charge is 0.355 e. The zero-order valence-electron chi connectivity index (χ0n) is 17.4. The molecule has 32 heavy (non-hydrogen) atoms. The fourth-order valence-electron chi connectivity index (χ4n) is 3.20. The van der Waals surface area contributed by atoms with Gasteiger partial charge in [-0.05, 0) is 12.1 Å². The molecule has 3 aromatic rings. The van der Waals surface area contributed by atoms with Crippen LogP contribution in [-0.4, -0.2) is 51.9 Å². The van der Waals surface area contributed by atoms with Gasteiger partial charge in [-0.2, -0.15) is 10.2 Å². The quantitative estimate of drug-likeness (QED) is 0.604. The van der Waals surface area contributed by atoms with Crippen LogP contribution in [-0.2, 0) is 19.1 Å². The molecule has 0 saturated heterocycles. The second-order valence-electron chi connectivity index (χ2n) is 7.12. The van der Waals surface area contributed by atoms with Gasteiger partial charge < -0.3 is 10.1 Å². The Hall–Kier alpha value is -4.27. The molecule has 2 heterocycles. The molecule has 0 bridgehead atoms. The summed E-state index contributed by atoms with van der Waals surface area (Å²) >= 11 is 0. The molecule has 9 nitrogen and oxygen atoms in total. The van der Waals surface area contributed by atoms with Crippen LogP contribution in [0.4, 0.5) is 5.82 Å². The molecule has 1 aliphatic heterocycles. The van der Waals surface area contributed by atoms with Gasteiger partial charge in [0.25, 0.3) is 5.91 Å². The highest BCUT2D eigenvalue weighted by atomic mass is 16.5. The van der Waals surface area contributed by atoms with E-state index in [0.29, 0.717) is 11.5 Å². The molecule has 0 radical (unpaired) electrons. The third-order valence-electron chi connectivity index (χ3n) is 4.82. The molecule has 2 amide bonds. The Morgan fingerprint density at radius 3 is 2.41 bits per heavy atom. The van der Waals surface area contributed by atoms with Crippen LogP contribution in [0.3, 0.4) is 0 Å². The Morgan fingerprint density at radius 2 is 1.72 bits per heavy atom. The number of carbonyl (C=O) groups is 3. The molecule has 1 N–H and O–H groups in total. The molecule has 0 saturated carbocycles. The number of rotatable bonds is 6. The summed E-state index contributed by atoms with van der Waals surface area (Å²) < 4.78 is 6.71. The van der Waals surface area contributed by atoms with Gasteiger partial charge in [-0.25, -0.2) is 14.5 Å². The van der Waals surface area contributed by atoms with E-state index in [1.54, 1.807) is 10.7 Å². The van der Waals surface area contributed by atoms with Crippen molar-refractivity contribution in [2.45, 2.75) is 12.8 Å². The topological polar surface area (TPSA) is 106 Å². The van der Waals surface area contributed by atoms with Gasteiger partial charge in [0.2, 0.25) is 5.91 Å². The van der Waals surface area contributed by atoms with E-state index in [9.17, 15) is 14.4 Å². The molecule has 0 unspecified atom stereocenters. The monoisotopic (exact) mass is 431 g/mol. The van der Waals surface area contributed by atoms with E-state index in [1.165, 1.54) is 7.05 Å². The van der Waals surface area contributed by atoms with Gasteiger partial charge in [0.15, 0.2) is 6.61 Å². The van der Waals surface area contributed by atoms with Crippen LogP contribution in [0, 0.1) is 0 Å². The lowest BCUT2D eigenvalue weighted by molar-refractivity contribution is -0.141. The highest BCUT2D eigenvalue weighted by Gasteiger charge is 2.24. The average Bonchev–Trinajstić information content (AvgIpc) is 3.24. The van der Waals surface area contributed by atoms with Gasteiger partial charge in [0.1, 0.15) is 11.5 Å². The number of nitrogens with zero attached hydrogens (tertiary/aromatic N) is 4. The summed E-state index contributed by atoms with van der Waals surface area (Å²) in [5.41, 5.74) is 2.47. The summed E-state index contributed by atoms with van der Waals surface area (Å²) in [5, 5.41) is 12.4. The number of nitrogens with one attached hydrogen (secondary N) is 1. The molecule has 2 aromatic carbocycles. The first-order chi connectivity index (χ1) is 15.5. The minimum absolute atomic E-state index is 0.112. The first kappa shape index (κ1) is 21.0. The Balaban J connectivity index is 1.49. The largest absolute Gasteiger partial charge is 0.451 e. The third-order valence-corrected chi connectivity index (χ3v) is 4.82. The summed E-state index contributed by atoms with van der Waals surface area (Å²) in [6.45, 7) is -0.490. The Morgan fingerprint density at radius 1 is 1.03 bits per heavy atom. The van der Waals surface area contributed by atoms with E-state index in [4.69, 9.17) is 4.74 Å². The third kappa shape index (κ3) is 4.72. The molecule has 1 aromatic heterocycles. The lowest BCUT2D eigenvalue weighted by atomic mass is 10.1. The molecule has 9 heteroatoms. The summed E-state index contributed by atoms with van der Waals surface area (Å²) in [5.74, 6) is -0.976. The van der Waals surface area contributed by atoms with E-state index < -0.39 is 18.5 Å². The molecule has 0 fully saturated rings. The highest BCUT2D eigenvalue weighted by molar-refractivity contribution is 6.37. The first-order valence-electron chi connectivity index (χ1n) is 10.0. The minimum atomic E-state index is -0.721. The number of benzene rings is 2. The standard InChI is InChI=1S/C23H21N5O4/c1-27-22(30)13-12-18(25-27)23(31)32-15-21(29)24-20-14-19(16-8-4-2-5-9-16)26-28(20)17-10-6-3-7-11-17/h2-11,14H,12-13,15H2,1H3,(H,24,29). The first-order valence-corrected chi connectivity index (χ1v) is 10.0. The number of anilines is 1. The van der Waals surface area contributed by atoms with Crippen LogP contribution in [0.25, 0.3) is 16.9 Å². The van der Waals surface area contributed by atoms with Crippen molar-refractivity contribution in [1.82, 2.24) is 14.8 Å². The van der Waals surface area contributed by atoms with Crippen LogP contribution >= 0.6 is 0 Å². The van der Waals surface area contributed by atoms with Gasteiger partial charge in [-0.3, -0.25) is 9.59 Å². The Labute approximate surface area is 184 Å². The maximum atomic E-state index is 12.5. The minimum Gasteiger partial charge on any atom is -0.451 e. The fraction of sp³-hybridized carbons (Fsp3) is 0.174. The zero-order valence-corrected chi connectivity index (χ0v) is 17.4. The fourth-order valence-corrected chi connectivity index (χ4v) is 3.20. The number of amides is 2. The molecule has 162 valence electrons. The average molecular weight is 431 g/mol. The van der Waals surface area contributed by atoms with Crippen LogP contribution in [0.2, 0.25) is 0 Å². The molecule has 0 aliphatic carbocycles. The molecule has 4 rings (SSSR count). The maximum Gasteiger partial charge on any atom is 0.355 e. The number of aromatic nitrogens is 2. The lowest BCUT2D eigenvalue weighted by Gasteiger charge is -2.18. The van der Waals surface area contributed by atoms with Crippen molar-refractivity contribution >= 4 is 29.3 Å². The van der Waals surface area contributed by atoms with Crippen LogP contribution in [0.5, 0.6) is 0 Å². The summed E-state index contributed by atoms with van der Waals surface area (Å²) in [4.78, 5) is 36.2. The van der Waals surface area contributed by atoms with E-state index in [1.807, 2.05) is 60.7 Å². The van der Waals surface area contributed by atoms with E-state index in [0.717, 1.165) is 16.3 Å². The van der Waals surface area contributed by atoms with Crippen molar-refractivity contribution in [3.63, 3.8) is 0 Å². The lowest BCUT2D eigenvalue weighted by Crippen LogP contribution is -2.33. The van der Waals surface area contributed by atoms with Crippen molar-refractivity contribution < 1.29 is 19.1 Å². The SMILES string of the molecule is CN1N=C(C(=O)OCC(=O)Nc2cc(-c3ccccc3)nn2-c2ccccc2)CCC1=O. The number of hydrogen-bond donors (Lipinski definition) is 1. The van der Waals surface area contributed by atoms with E-state index >= 15 is 0 Å². The Kier molecular flexibility index (Phi) is 6.07. The number of hydrogen-bond acceptors (Lipinski definition) is 6. The predicted molar refractivity (Wildman–Crippen MR) is 118 cm³/mol. The van der Waals surface area contributed by atoms with Crippen molar-refractivity contribution in [3.8, 4) is 16.9 Å². The van der Waals surface area contributed by atoms with Gasteiger partial charge in [-0.15, -0.1) is 0 Å². The zero-order chi connectivity index (χ0) is 22.5. The normalized spacial score (nSPS) is 13.5. The number of para-hydroxylation sites is 1. The number of carbonyl (C=O) groups excluding carboxylic acids is 3. The summed E-state index contributed by atoms with van der Waals surface area (Å²) in [6, 6.07) is 20.7. The number of hydrazone groups is 1. The second-order valence-corrected chi connectivity index (χ2v) is 7.12. The summed E-state index contributed by atoms with van der Waals surface area (Å²) in [6.07, 6.45) is 0.361. The van der Waals surface area contributed by atoms with Crippen LogP contribution in [0.1, 0.15) is 12.8 Å². The molecule has 0 spiro atoms. The van der Waals surface area contributed by atoms with Crippen molar-refractivity contribution in [1.29, 1.82) is 0 Å². The van der Waals surface area contributed by atoms with Gasteiger partial charge in [0.05, 0.1) is 11.4 Å². The summed E-state index contributed by atoms with van der Waals surface area (Å²) in [7, 11) is 1.47. The van der Waals surface area contributed by atoms with Crippen molar-refractivity contribution in [2.24, 2.45) is 5.10 Å². The van der Waals surface area contributed by atoms with Gasteiger partial charge >= 0.3 is 5.97 Å². The molecular formula is C23H21N5O4. The predicted octanol–water partition coefficient (Wildman–Crippen LogP) is 2.63. The van der Waals surface area contributed by atoms with Gasteiger partial charge in [-0.1, -0.05) is 48.5 Å². The van der Waals surface area contributed by atoms with E-state index in [2.05, 4.69) is 15.5 Å².